The highest BCUT2D eigenvalue weighted by molar-refractivity contribution is 7.99. The summed E-state index contributed by atoms with van der Waals surface area (Å²) in [5, 5.41) is 0.824. The number of hydrogen-bond acceptors (Lipinski definition) is 2. The van der Waals surface area contributed by atoms with Gasteiger partial charge in [0.25, 0.3) is 0 Å². The average Bonchev–Trinajstić information content (AvgIpc) is 2.96. The van der Waals surface area contributed by atoms with Crippen molar-refractivity contribution in [1.82, 2.24) is 4.57 Å². The molecule has 18 heavy (non-hydrogen) atoms. The van der Waals surface area contributed by atoms with Crippen molar-refractivity contribution in [3.05, 3.63) is 23.5 Å². The third-order valence-electron chi connectivity index (χ3n) is 4.54. The van der Waals surface area contributed by atoms with Crippen LogP contribution < -0.4 is 5.73 Å². The average molecular weight is 264 g/mol. The van der Waals surface area contributed by atoms with Gasteiger partial charge < -0.3 is 10.3 Å². The second kappa shape index (κ2) is 5.30. The number of nitrogens with zero attached hydrogens (tertiary/aromatic N) is 1. The largest absolute Gasteiger partial charge is 0.347 e. The SMILES string of the molecule is CCSC1CCCC1n1ccc2c1CCCC2N. The first-order valence-corrected chi connectivity index (χ1v) is 8.43. The molecule has 3 atom stereocenters. The number of hydrogen-bond donors (Lipinski definition) is 1. The molecule has 1 aromatic heterocycles. The highest BCUT2D eigenvalue weighted by Crippen LogP contribution is 2.41. The van der Waals surface area contributed by atoms with Gasteiger partial charge in [0.05, 0.1) is 0 Å². The Balaban J connectivity index is 1.88. The summed E-state index contributed by atoms with van der Waals surface area (Å²) in [6.45, 7) is 2.28. The van der Waals surface area contributed by atoms with Crippen molar-refractivity contribution in [2.75, 3.05) is 5.75 Å². The molecule has 0 saturated heterocycles. The molecule has 1 saturated carbocycles. The minimum Gasteiger partial charge on any atom is -0.347 e. The van der Waals surface area contributed by atoms with E-state index in [1.165, 1.54) is 43.4 Å². The van der Waals surface area contributed by atoms with E-state index in [-0.39, 0.29) is 6.04 Å². The number of rotatable bonds is 3. The van der Waals surface area contributed by atoms with Crippen LogP contribution in [0.15, 0.2) is 12.3 Å². The summed E-state index contributed by atoms with van der Waals surface area (Å²) in [4.78, 5) is 0. The van der Waals surface area contributed by atoms with Crippen LogP contribution in [0.2, 0.25) is 0 Å². The molecule has 0 amide bonds. The van der Waals surface area contributed by atoms with Gasteiger partial charge >= 0.3 is 0 Å². The van der Waals surface area contributed by atoms with Crippen LogP contribution in [0.5, 0.6) is 0 Å². The van der Waals surface area contributed by atoms with E-state index >= 15 is 0 Å². The third-order valence-corrected chi connectivity index (χ3v) is 5.85. The second-order valence-electron chi connectivity index (χ2n) is 5.62. The van der Waals surface area contributed by atoms with E-state index in [1.807, 2.05) is 0 Å². The highest BCUT2D eigenvalue weighted by atomic mass is 32.2. The van der Waals surface area contributed by atoms with Crippen LogP contribution in [0.25, 0.3) is 0 Å². The first-order chi connectivity index (χ1) is 8.81. The lowest BCUT2D eigenvalue weighted by molar-refractivity contribution is 0.480. The monoisotopic (exact) mass is 264 g/mol. The maximum absolute atomic E-state index is 6.23. The maximum atomic E-state index is 6.23. The minimum absolute atomic E-state index is 0.286. The number of aromatic nitrogens is 1. The summed E-state index contributed by atoms with van der Waals surface area (Å²) in [6.07, 6.45) is 10.1. The molecule has 2 aliphatic carbocycles. The van der Waals surface area contributed by atoms with Gasteiger partial charge in [0.15, 0.2) is 0 Å². The lowest BCUT2D eigenvalue weighted by atomic mass is 9.93. The van der Waals surface area contributed by atoms with E-state index in [0.717, 1.165) is 17.7 Å². The van der Waals surface area contributed by atoms with Crippen LogP contribution in [-0.2, 0) is 6.42 Å². The molecular weight excluding hydrogens is 240 g/mol. The first kappa shape index (κ1) is 12.6. The summed E-state index contributed by atoms with van der Waals surface area (Å²) in [5.41, 5.74) is 9.20. The summed E-state index contributed by atoms with van der Waals surface area (Å²) < 4.78 is 2.58. The van der Waals surface area contributed by atoms with Gasteiger partial charge in [-0.05, 0) is 49.5 Å². The van der Waals surface area contributed by atoms with E-state index in [1.54, 1.807) is 5.69 Å². The van der Waals surface area contributed by atoms with Crippen molar-refractivity contribution in [1.29, 1.82) is 0 Å². The summed E-state index contributed by atoms with van der Waals surface area (Å²) >= 11 is 2.14. The zero-order chi connectivity index (χ0) is 12.5. The van der Waals surface area contributed by atoms with Gasteiger partial charge in [0.2, 0.25) is 0 Å². The topological polar surface area (TPSA) is 30.9 Å². The number of thioether (sulfide) groups is 1. The maximum Gasteiger partial charge on any atom is 0.0452 e. The molecule has 2 aliphatic rings. The Bertz CT molecular complexity index is 413. The van der Waals surface area contributed by atoms with Gasteiger partial charge in [-0.25, -0.2) is 0 Å². The smallest absolute Gasteiger partial charge is 0.0452 e. The Morgan fingerprint density at radius 2 is 2.22 bits per heavy atom. The molecule has 3 heteroatoms. The van der Waals surface area contributed by atoms with E-state index in [9.17, 15) is 0 Å². The van der Waals surface area contributed by atoms with Crippen molar-refractivity contribution < 1.29 is 0 Å². The molecule has 0 aromatic carbocycles. The van der Waals surface area contributed by atoms with Crippen LogP contribution in [0.1, 0.15) is 62.4 Å². The fourth-order valence-electron chi connectivity index (χ4n) is 3.70. The molecule has 1 aromatic rings. The summed E-state index contributed by atoms with van der Waals surface area (Å²) in [7, 11) is 0. The fourth-order valence-corrected chi connectivity index (χ4v) is 4.95. The van der Waals surface area contributed by atoms with Crippen LogP contribution >= 0.6 is 11.8 Å². The Labute approximate surface area is 114 Å². The number of fused-ring (bicyclic) bond motifs is 1. The summed E-state index contributed by atoms with van der Waals surface area (Å²) in [6, 6.07) is 3.29. The van der Waals surface area contributed by atoms with Crippen LogP contribution in [0.3, 0.4) is 0 Å². The van der Waals surface area contributed by atoms with Crippen molar-refractivity contribution in [2.24, 2.45) is 5.73 Å². The Morgan fingerprint density at radius 3 is 3.06 bits per heavy atom. The lowest BCUT2D eigenvalue weighted by Gasteiger charge is -2.26. The molecule has 0 aliphatic heterocycles. The minimum atomic E-state index is 0.286. The molecule has 2 N–H and O–H groups in total. The van der Waals surface area contributed by atoms with E-state index in [0.29, 0.717) is 0 Å². The van der Waals surface area contributed by atoms with Crippen molar-refractivity contribution in [3.63, 3.8) is 0 Å². The van der Waals surface area contributed by atoms with E-state index < -0.39 is 0 Å². The highest BCUT2D eigenvalue weighted by Gasteiger charge is 2.31. The number of nitrogens with two attached hydrogens (primary N) is 1. The summed E-state index contributed by atoms with van der Waals surface area (Å²) in [5.74, 6) is 1.24. The quantitative estimate of drug-likeness (QED) is 0.903. The molecule has 2 nitrogen and oxygen atoms in total. The first-order valence-electron chi connectivity index (χ1n) is 7.38. The van der Waals surface area contributed by atoms with Crippen LogP contribution in [-0.4, -0.2) is 15.6 Å². The van der Waals surface area contributed by atoms with Gasteiger partial charge in [-0.1, -0.05) is 13.3 Å². The molecule has 0 bridgehead atoms. The predicted octanol–water partition coefficient (Wildman–Crippen LogP) is 3.67. The van der Waals surface area contributed by atoms with Gasteiger partial charge in [-0.2, -0.15) is 11.8 Å². The van der Waals surface area contributed by atoms with Crippen LogP contribution in [0.4, 0.5) is 0 Å². The van der Waals surface area contributed by atoms with E-state index in [4.69, 9.17) is 5.73 Å². The molecular formula is C15H24N2S. The predicted molar refractivity (Wildman–Crippen MR) is 79.1 cm³/mol. The van der Waals surface area contributed by atoms with Gasteiger partial charge in [-0.15, -0.1) is 0 Å². The van der Waals surface area contributed by atoms with Gasteiger partial charge in [-0.3, -0.25) is 0 Å². The molecule has 0 spiro atoms. The molecule has 100 valence electrons. The van der Waals surface area contributed by atoms with Crippen molar-refractivity contribution in [3.8, 4) is 0 Å². The molecule has 0 radical (unpaired) electrons. The Kier molecular flexibility index (Phi) is 3.71. The normalized spacial score (nSPS) is 31.6. The lowest BCUT2D eigenvalue weighted by Crippen LogP contribution is -2.22. The standard InChI is InChI=1S/C15H24N2S/c1-2-18-15-8-4-7-14(15)17-10-9-11-12(16)5-3-6-13(11)17/h9-10,12,14-15H,2-8,16H2,1H3. The zero-order valence-corrected chi connectivity index (χ0v) is 12.1. The van der Waals surface area contributed by atoms with Gasteiger partial charge in [0, 0.05) is 29.2 Å². The van der Waals surface area contributed by atoms with Crippen molar-refractivity contribution >= 4 is 11.8 Å². The molecule has 3 unspecified atom stereocenters. The van der Waals surface area contributed by atoms with Crippen LogP contribution in [0, 0.1) is 0 Å². The van der Waals surface area contributed by atoms with Gasteiger partial charge in [0.1, 0.15) is 0 Å². The Hall–Kier alpha value is -0.410. The fraction of sp³-hybridized carbons (Fsp3) is 0.733. The second-order valence-corrected chi connectivity index (χ2v) is 7.13. The molecule has 3 rings (SSSR count). The zero-order valence-electron chi connectivity index (χ0n) is 11.3. The Morgan fingerprint density at radius 1 is 1.33 bits per heavy atom. The van der Waals surface area contributed by atoms with Crippen molar-refractivity contribution in [2.45, 2.75) is 62.8 Å². The molecule has 1 heterocycles. The third kappa shape index (κ3) is 2.12. The van der Waals surface area contributed by atoms with E-state index in [2.05, 4.69) is 35.5 Å². The molecule has 1 fully saturated rings.